The molecule has 1 aromatic rings. The summed E-state index contributed by atoms with van der Waals surface area (Å²) in [6, 6.07) is 9.86. The largest absolute Gasteiger partial charge is 0.331 e. The Balaban J connectivity index is 2.70. The Morgan fingerprint density at radius 2 is 1.93 bits per heavy atom. The van der Waals surface area contributed by atoms with Crippen LogP contribution in [0.5, 0.6) is 0 Å². The van der Waals surface area contributed by atoms with E-state index in [2.05, 4.69) is 13.2 Å². The smallest absolute Gasteiger partial charge is 0.246 e. The molecule has 0 fully saturated rings. The molecule has 0 saturated carbocycles. The van der Waals surface area contributed by atoms with Crippen LogP contribution in [0.25, 0.3) is 0 Å². The Morgan fingerprint density at radius 1 is 1.27 bits per heavy atom. The van der Waals surface area contributed by atoms with Crippen molar-refractivity contribution in [2.24, 2.45) is 0 Å². The lowest BCUT2D eigenvalue weighted by Crippen LogP contribution is -2.28. The van der Waals surface area contributed by atoms with E-state index in [-0.39, 0.29) is 5.91 Å². The van der Waals surface area contributed by atoms with E-state index in [0.717, 1.165) is 5.56 Å². The van der Waals surface area contributed by atoms with E-state index >= 15 is 0 Å². The molecule has 15 heavy (non-hydrogen) atoms. The van der Waals surface area contributed by atoms with Gasteiger partial charge in [0.2, 0.25) is 5.91 Å². The molecular formula is C13H15NO. The Morgan fingerprint density at radius 3 is 2.47 bits per heavy atom. The fourth-order valence-electron chi connectivity index (χ4n) is 1.32. The molecule has 0 spiro atoms. The van der Waals surface area contributed by atoms with Crippen LogP contribution in [-0.4, -0.2) is 17.4 Å². The van der Waals surface area contributed by atoms with Gasteiger partial charge in [-0.2, -0.15) is 0 Å². The fraction of sp³-hybridized carbons (Fsp3) is 0.154. The molecular weight excluding hydrogens is 186 g/mol. The maximum atomic E-state index is 11.5. The molecule has 1 amide bonds. The van der Waals surface area contributed by atoms with Crippen LogP contribution in [0.1, 0.15) is 5.56 Å². The maximum Gasteiger partial charge on any atom is 0.246 e. The summed E-state index contributed by atoms with van der Waals surface area (Å²) < 4.78 is 0. The van der Waals surface area contributed by atoms with Gasteiger partial charge in [0.1, 0.15) is 0 Å². The average Bonchev–Trinajstić information content (AvgIpc) is 2.29. The molecule has 0 saturated heterocycles. The minimum absolute atomic E-state index is 0.0706. The highest BCUT2D eigenvalue weighted by atomic mass is 16.2. The first-order valence-corrected chi connectivity index (χ1v) is 4.84. The van der Waals surface area contributed by atoms with Gasteiger partial charge in [0.25, 0.3) is 0 Å². The summed E-state index contributed by atoms with van der Waals surface area (Å²) in [6.45, 7) is 8.25. The number of benzene rings is 1. The Kier molecular flexibility index (Phi) is 4.35. The van der Waals surface area contributed by atoms with Gasteiger partial charge in [-0.1, -0.05) is 43.0 Å². The van der Waals surface area contributed by atoms with Crippen molar-refractivity contribution in [3.05, 3.63) is 61.2 Å². The molecule has 0 aromatic heterocycles. The zero-order chi connectivity index (χ0) is 11.1. The van der Waals surface area contributed by atoms with E-state index in [1.165, 1.54) is 6.08 Å². The summed E-state index contributed by atoms with van der Waals surface area (Å²) in [5, 5.41) is 0. The molecule has 0 aliphatic rings. The molecule has 0 aliphatic carbocycles. The van der Waals surface area contributed by atoms with Gasteiger partial charge in [-0.3, -0.25) is 4.79 Å². The molecule has 78 valence electrons. The van der Waals surface area contributed by atoms with Gasteiger partial charge in [-0.05, 0) is 11.6 Å². The van der Waals surface area contributed by atoms with E-state index in [0.29, 0.717) is 13.1 Å². The lowest BCUT2D eigenvalue weighted by molar-refractivity contribution is -0.126. The van der Waals surface area contributed by atoms with Crippen LogP contribution in [0, 0.1) is 0 Å². The summed E-state index contributed by atoms with van der Waals surface area (Å²) in [6.07, 6.45) is 3.04. The van der Waals surface area contributed by atoms with Gasteiger partial charge in [-0.25, -0.2) is 0 Å². The van der Waals surface area contributed by atoms with Crippen molar-refractivity contribution in [3.63, 3.8) is 0 Å². The van der Waals surface area contributed by atoms with Crippen LogP contribution in [0.2, 0.25) is 0 Å². The minimum atomic E-state index is -0.0706. The lowest BCUT2D eigenvalue weighted by atomic mass is 10.2. The van der Waals surface area contributed by atoms with E-state index < -0.39 is 0 Å². The molecule has 0 aliphatic heterocycles. The highest BCUT2D eigenvalue weighted by Gasteiger charge is 2.08. The Labute approximate surface area is 90.5 Å². The fourth-order valence-corrected chi connectivity index (χ4v) is 1.32. The molecule has 0 bridgehead atoms. The van der Waals surface area contributed by atoms with Crippen molar-refractivity contribution in [2.45, 2.75) is 6.54 Å². The van der Waals surface area contributed by atoms with Crippen LogP contribution >= 0.6 is 0 Å². The number of carbonyl (C=O) groups is 1. The first-order valence-electron chi connectivity index (χ1n) is 4.84. The molecule has 0 atom stereocenters. The quantitative estimate of drug-likeness (QED) is 0.529. The van der Waals surface area contributed by atoms with E-state index in [1.807, 2.05) is 30.3 Å². The number of rotatable bonds is 5. The maximum absolute atomic E-state index is 11.5. The highest BCUT2D eigenvalue weighted by Crippen LogP contribution is 2.04. The molecule has 0 radical (unpaired) electrons. The van der Waals surface area contributed by atoms with Crippen LogP contribution < -0.4 is 0 Å². The predicted octanol–water partition coefficient (Wildman–Crippen LogP) is 2.39. The van der Waals surface area contributed by atoms with Crippen molar-refractivity contribution in [1.82, 2.24) is 4.90 Å². The third-order valence-corrected chi connectivity index (χ3v) is 2.05. The number of nitrogens with zero attached hydrogens (tertiary/aromatic N) is 1. The molecule has 1 rings (SSSR count). The van der Waals surface area contributed by atoms with Gasteiger partial charge < -0.3 is 4.90 Å². The summed E-state index contributed by atoms with van der Waals surface area (Å²) in [5.74, 6) is -0.0706. The van der Waals surface area contributed by atoms with Crippen molar-refractivity contribution in [1.29, 1.82) is 0 Å². The monoisotopic (exact) mass is 201 g/mol. The highest BCUT2D eigenvalue weighted by molar-refractivity contribution is 5.87. The van der Waals surface area contributed by atoms with Crippen molar-refractivity contribution >= 4 is 5.91 Å². The van der Waals surface area contributed by atoms with Crippen LogP contribution in [0.3, 0.4) is 0 Å². The third-order valence-electron chi connectivity index (χ3n) is 2.05. The number of amides is 1. The molecule has 0 heterocycles. The second-order valence-electron chi connectivity index (χ2n) is 3.20. The summed E-state index contributed by atoms with van der Waals surface area (Å²) >= 11 is 0. The second-order valence-corrected chi connectivity index (χ2v) is 3.20. The van der Waals surface area contributed by atoms with Crippen molar-refractivity contribution < 1.29 is 4.79 Å². The number of hydrogen-bond acceptors (Lipinski definition) is 1. The van der Waals surface area contributed by atoms with Crippen LogP contribution in [0.15, 0.2) is 55.6 Å². The van der Waals surface area contributed by atoms with Gasteiger partial charge >= 0.3 is 0 Å². The summed E-state index contributed by atoms with van der Waals surface area (Å²) in [7, 11) is 0. The number of hydrogen-bond donors (Lipinski definition) is 0. The van der Waals surface area contributed by atoms with Gasteiger partial charge in [0.15, 0.2) is 0 Å². The second kappa shape index (κ2) is 5.81. The van der Waals surface area contributed by atoms with Gasteiger partial charge in [0.05, 0.1) is 0 Å². The molecule has 0 N–H and O–H groups in total. The zero-order valence-electron chi connectivity index (χ0n) is 8.73. The van der Waals surface area contributed by atoms with Crippen LogP contribution in [-0.2, 0) is 11.3 Å². The molecule has 2 heteroatoms. The topological polar surface area (TPSA) is 20.3 Å². The van der Waals surface area contributed by atoms with Crippen molar-refractivity contribution in [3.8, 4) is 0 Å². The SMILES string of the molecule is C=CCN(Cc1ccccc1)C(=O)C=C. The van der Waals surface area contributed by atoms with E-state index in [4.69, 9.17) is 0 Å². The molecule has 0 unspecified atom stereocenters. The zero-order valence-corrected chi connectivity index (χ0v) is 8.73. The normalized spacial score (nSPS) is 9.33. The van der Waals surface area contributed by atoms with E-state index in [9.17, 15) is 4.79 Å². The summed E-state index contributed by atoms with van der Waals surface area (Å²) in [4.78, 5) is 13.2. The molecule has 2 nitrogen and oxygen atoms in total. The summed E-state index contributed by atoms with van der Waals surface area (Å²) in [5.41, 5.74) is 1.11. The Bertz CT molecular complexity index is 343. The minimum Gasteiger partial charge on any atom is -0.331 e. The first-order chi connectivity index (χ1) is 7.27. The van der Waals surface area contributed by atoms with Gasteiger partial charge in [0, 0.05) is 13.1 Å². The Hall–Kier alpha value is -1.83. The van der Waals surface area contributed by atoms with Crippen LogP contribution in [0.4, 0.5) is 0 Å². The number of carbonyl (C=O) groups excluding carboxylic acids is 1. The van der Waals surface area contributed by atoms with Gasteiger partial charge in [-0.15, -0.1) is 6.58 Å². The average molecular weight is 201 g/mol. The van der Waals surface area contributed by atoms with Crippen molar-refractivity contribution in [2.75, 3.05) is 6.54 Å². The standard InChI is InChI=1S/C13H15NO/c1-3-10-14(13(15)4-2)11-12-8-6-5-7-9-12/h3-9H,1-2,10-11H2. The molecule has 1 aromatic carbocycles. The lowest BCUT2D eigenvalue weighted by Gasteiger charge is -2.19. The van der Waals surface area contributed by atoms with E-state index in [1.54, 1.807) is 11.0 Å². The first kappa shape index (κ1) is 11.2. The third kappa shape index (κ3) is 3.43. The predicted molar refractivity (Wildman–Crippen MR) is 62.3 cm³/mol.